The molecule has 0 atom stereocenters. The first-order valence-electron chi connectivity index (χ1n) is 5.18. The monoisotopic (exact) mass is 264 g/mol. The van der Waals surface area contributed by atoms with E-state index in [0.29, 0.717) is 6.54 Å². The van der Waals surface area contributed by atoms with E-state index >= 15 is 0 Å². The summed E-state index contributed by atoms with van der Waals surface area (Å²) >= 11 is 11.3. The molecule has 1 heterocycles. The van der Waals surface area contributed by atoms with E-state index in [4.69, 9.17) is 28.3 Å². The number of aromatic nitrogens is 2. The topological polar surface area (TPSA) is 55.1 Å². The van der Waals surface area contributed by atoms with Gasteiger partial charge in [0.15, 0.2) is 5.15 Å². The molecule has 0 aliphatic heterocycles. The summed E-state index contributed by atoms with van der Waals surface area (Å²) in [6, 6.07) is 0. The zero-order chi connectivity index (χ0) is 12.0. The zero-order valence-corrected chi connectivity index (χ0v) is 10.3. The van der Waals surface area contributed by atoms with E-state index in [1.807, 2.05) is 0 Å². The van der Waals surface area contributed by atoms with Crippen molar-refractivity contribution in [1.29, 1.82) is 0 Å². The van der Waals surface area contributed by atoms with Crippen LogP contribution in [-0.4, -0.2) is 21.3 Å². The quantitative estimate of drug-likeness (QED) is 0.633. The molecule has 0 bridgehead atoms. The first-order chi connectivity index (χ1) is 7.66. The van der Waals surface area contributed by atoms with Crippen LogP contribution in [0.25, 0.3) is 0 Å². The van der Waals surface area contributed by atoms with E-state index in [1.165, 1.54) is 10.9 Å². The zero-order valence-electron chi connectivity index (χ0n) is 8.83. The van der Waals surface area contributed by atoms with Crippen LogP contribution in [-0.2, 0) is 6.54 Å². The number of aliphatic hydroxyl groups is 1. The molecule has 0 aromatic carbocycles. The Kier molecular flexibility index (Phi) is 5.80. The van der Waals surface area contributed by atoms with E-state index in [0.717, 1.165) is 25.7 Å². The number of halogens is 2. The second-order valence-corrected chi connectivity index (χ2v) is 4.22. The Morgan fingerprint density at radius 3 is 2.62 bits per heavy atom. The molecule has 0 amide bonds. The van der Waals surface area contributed by atoms with E-state index in [1.54, 1.807) is 0 Å². The summed E-state index contributed by atoms with van der Waals surface area (Å²) in [6.07, 6.45) is 4.99. The second-order valence-electron chi connectivity index (χ2n) is 3.49. The van der Waals surface area contributed by atoms with Crippen LogP contribution in [0.2, 0.25) is 10.2 Å². The Balaban J connectivity index is 2.49. The molecule has 0 radical (unpaired) electrons. The molecule has 0 unspecified atom stereocenters. The van der Waals surface area contributed by atoms with Crippen LogP contribution in [0.4, 0.5) is 0 Å². The fourth-order valence-corrected chi connectivity index (χ4v) is 1.63. The summed E-state index contributed by atoms with van der Waals surface area (Å²) in [5.41, 5.74) is -0.302. The van der Waals surface area contributed by atoms with Gasteiger partial charge in [-0.25, -0.2) is 4.98 Å². The number of unbranched alkanes of at least 4 members (excludes halogenated alkanes) is 3. The van der Waals surface area contributed by atoms with Crippen molar-refractivity contribution in [1.82, 2.24) is 9.55 Å². The number of rotatable bonds is 6. The largest absolute Gasteiger partial charge is 0.396 e. The summed E-state index contributed by atoms with van der Waals surface area (Å²) in [6.45, 7) is 0.794. The van der Waals surface area contributed by atoms with E-state index in [2.05, 4.69) is 4.98 Å². The lowest BCUT2D eigenvalue weighted by molar-refractivity contribution is 0.282. The lowest BCUT2D eigenvalue weighted by Gasteiger charge is -2.05. The smallest absolute Gasteiger partial charge is 0.273 e. The minimum absolute atomic E-state index is 0.0282. The predicted octanol–water partition coefficient (Wildman–Crippen LogP) is 2.10. The van der Waals surface area contributed by atoms with Crippen molar-refractivity contribution in [2.45, 2.75) is 32.2 Å². The van der Waals surface area contributed by atoms with Crippen LogP contribution in [0.5, 0.6) is 0 Å². The standard InChI is InChI=1S/C10H14Cl2N2O2/c11-8-9(12)13-7-14(10(8)16)5-3-1-2-4-6-15/h7,15H,1-6H2. The van der Waals surface area contributed by atoms with Crippen LogP contribution >= 0.6 is 23.2 Å². The normalized spacial score (nSPS) is 10.7. The molecule has 6 heteroatoms. The van der Waals surface area contributed by atoms with Crippen molar-refractivity contribution in [2.24, 2.45) is 0 Å². The van der Waals surface area contributed by atoms with Gasteiger partial charge >= 0.3 is 0 Å². The molecular formula is C10H14Cl2N2O2. The van der Waals surface area contributed by atoms with Gasteiger partial charge in [0.05, 0.1) is 6.33 Å². The molecule has 0 saturated heterocycles. The maximum atomic E-state index is 11.6. The molecule has 0 saturated carbocycles. The van der Waals surface area contributed by atoms with E-state index < -0.39 is 0 Å². The highest BCUT2D eigenvalue weighted by atomic mass is 35.5. The summed E-state index contributed by atoms with van der Waals surface area (Å²) in [4.78, 5) is 15.4. The molecule has 1 N–H and O–H groups in total. The Hall–Kier alpha value is -0.580. The lowest BCUT2D eigenvalue weighted by Crippen LogP contribution is -2.21. The van der Waals surface area contributed by atoms with Gasteiger partial charge in [-0.15, -0.1) is 0 Å². The Bertz CT molecular complexity index is 393. The molecule has 16 heavy (non-hydrogen) atoms. The van der Waals surface area contributed by atoms with Crippen molar-refractivity contribution in [3.05, 3.63) is 26.9 Å². The molecule has 0 spiro atoms. The Morgan fingerprint density at radius 1 is 1.25 bits per heavy atom. The third-order valence-corrected chi connectivity index (χ3v) is 2.97. The van der Waals surface area contributed by atoms with Crippen molar-refractivity contribution < 1.29 is 5.11 Å². The third kappa shape index (κ3) is 3.77. The molecule has 0 aliphatic carbocycles. The number of aryl methyl sites for hydroxylation is 1. The summed E-state index contributed by atoms with van der Waals surface area (Å²) < 4.78 is 1.45. The highest BCUT2D eigenvalue weighted by Gasteiger charge is 2.06. The molecule has 90 valence electrons. The molecule has 4 nitrogen and oxygen atoms in total. The summed E-state index contributed by atoms with van der Waals surface area (Å²) in [5.74, 6) is 0. The van der Waals surface area contributed by atoms with Gasteiger partial charge in [-0.05, 0) is 12.8 Å². The van der Waals surface area contributed by atoms with Crippen LogP contribution in [0, 0.1) is 0 Å². The first kappa shape index (κ1) is 13.5. The summed E-state index contributed by atoms with van der Waals surface area (Å²) in [7, 11) is 0. The Labute approximate surface area is 104 Å². The van der Waals surface area contributed by atoms with Crippen LogP contribution < -0.4 is 5.56 Å². The fraction of sp³-hybridized carbons (Fsp3) is 0.600. The van der Waals surface area contributed by atoms with Crippen molar-refractivity contribution in [3.63, 3.8) is 0 Å². The van der Waals surface area contributed by atoms with Gasteiger partial charge in [-0.2, -0.15) is 0 Å². The van der Waals surface area contributed by atoms with Crippen molar-refractivity contribution >= 4 is 23.2 Å². The average molecular weight is 265 g/mol. The van der Waals surface area contributed by atoms with Gasteiger partial charge in [0.2, 0.25) is 0 Å². The molecule has 1 rings (SSSR count). The van der Waals surface area contributed by atoms with Crippen LogP contribution in [0.3, 0.4) is 0 Å². The predicted molar refractivity (Wildman–Crippen MR) is 64.1 cm³/mol. The second kappa shape index (κ2) is 6.89. The first-order valence-corrected chi connectivity index (χ1v) is 5.93. The van der Waals surface area contributed by atoms with Gasteiger partial charge < -0.3 is 5.11 Å². The minimum Gasteiger partial charge on any atom is -0.396 e. The fourth-order valence-electron chi connectivity index (χ4n) is 1.35. The van der Waals surface area contributed by atoms with Gasteiger partial charge in [0, 0.05) is 13.2 Å². The lowest BCUT2D eigenvalue weighted by atomic mass is 10.2. The Morgan fingerprint density at radius 2 is 1.94 bits per heavy atom. The maximum absolute atomic E-state index is 11.6. The third-order valence-electron chi connectivity index (χ3n) is 2.25. The number of aliphatic hydroxyl groups excluding tert-OH is 1. The summed E-state index contributed by atoms with van der Waals surface area (Å²) in [5, 5.41) is 8.61. The highest BCUT2D eigenvalue weighted by molar-refractivity contribution is 6.40. The number of nitrogens with zero attached hydrogens (tertiary/aromatic N) is 2. The molecule has 0 aliphatic rings. The van der Waals surface area contributed by atoms with Gasteiger partial charge in [-0.1, -0.05) is 36.0 Å². The van der Waals surface area contributed by atoms with Gasteiger partial charge in [0.25, 0.3) is 5.56 Å². The molecular weight excluding hydrogens is 251 g/mol. The molecule has 1 aromatic rings. The van der Waals surface area contributed by atoms with Crippen molar-refractivity contribution in [3.8, 4) is 0 Å². The molecule has 1 aromatic heterocycles. The highest BCUT2D eigenvalue weighted by Crippen LogP contribution is 2.12. The maximum Gasteiger partial charge on any atom is 0.273 e. The number of hydrogen-bond donors (Lipinski definition) is 1. The molecule has 0 fully saturated rings. The van der Waals surface area contributed by atoms with E-state index in [9.17, 15) is 4.79 Å². The van der Waals surface area contributed by atoms with E-state index in [-0.39, 0.29) is 22.3 Å². The van der Waals surface area contributed by atoms with Gasteiger partial charge in [-0.3, -0.25) is 9.36 Å². The van der Waals surface area contributed by atoms with Gasteiger partial charge in [0.1, 0.15) is 5.02 Å². The SMILES string of the molecule is O=c1c(Cl)c(Cl)ncn1CCCCCCO. The van der Waals surface area contributed by atoms with Crippen LogP contribution in [0.1, 0.15) is 25.7 Å². The minimum atomic E-state index is -0.302. The number of hydrogen-bond acceptors (Lipinski definition) is 3. The van der Waals surface area contributed by atoms with Crippen LogP contribution in [0.15, 0.2) is 11.1 Å². The van der Waals surface area contributed by atoms with Crippen molar-refractivity contribution in [2.75, 3.05) is 6.61 Å². The average Bonchev–Trinajstić information content (AvgIpc) is 2.28.